The summed E-state index contributed by atoms with van der Waals surface area (Å²) in [6.45, 7) is 6.79. The molecule has 0 bridgehead atoms. The van der Waals surface area contributed by atoms with E-state index in [1.807, 2.05) is 24.7 Å². The third-order valence-electron chi connectivity index (χ3n) is 8.88. The summed E-state index contributed by atoms with van der Waals surface area (Å²) >= 11 is 0. The zero-order valence-electron chi connectivity index (χ0n) is 22.6. The smallest absolute Gasteiger partial charge is 0.213 e. The fraction of sp³-hybridized carbons (Fsp3) is 0.484. The third-order valence-corrected chi connectivity index (χ3v) is 8.88. The number of fused-ring (bicyclic) bond motifs is 3. The summed E-state index contributed by atoms with van der Waals surface area (Å²) in [5.74, 6) is 0.681. The van der Waals surface area contributed by atoms with Crippen LogP contribution in [0.4, 0.5) is 0 Å². The Morgan fingerprint density at radius 3 is 2.67 bits per heavy atom. The van der Waals surface area contributed by atoms with E-state index in [2.05, 4.69) is 62.1 Å². The highest BCUT2D eigenvalue weighted by Gasteiger charge is 2.37. The van der Waals surface area contributed by atoms with Gasteiger partial charge in [0.15, 0.2) is 0 Å². The molecular weight excluding hydrogens is 490 g/mol. The quantitative estimate of drug-likeness (QED) is 0.387. The third kappa shape index (κ3) is 5.02. The van der Waals surface area contributed by atoms with E-state index in [9.17, 15) is 0 Å². The van der Waals surface area contributed by atoms with E-state index in [4.69, 9.17) is 14.2 Å². The number of nitrogens with zero attached hydrogens (tertiary/aromatic N) is 4. The van der Waals surface area contributed by atoms with Gasteiger partial charge in [0.1, 0.15) is 6.10 Å². The van der Waals surface area contributed by atoms with Crippen LogP contribution in [0.2, 0.25) is 0 Å². The van der Waals surface area contributed by atoms with Crippen LogP contribution >= 0.6 is 0 Å². The number of hydrogen-bond donors (Lipinski definition) is 1. The molecule has 1 N–H and O–H groups in total. The Balaban J connectivity index is 0.872. The first kappa shape index (κ1) is 25.0. The molecule has 8 nitrogen and oxygen atoms in total. The molecule has 0 unspecified atom stereocenters. The Morgan fingerprint density at radius 1 is 1.00 bits per heavy atom. The van der Waals surface area contributed by atoms with Crippen LogP contribution in [0.3, 0.4) is 0 Å². The van der Waals surface area contributed by atoms with Gasteiger partial charge in [0.2, 0.25) is 5.88 Å². The lowest BCUT2D eigenvalue weighted by molar-refractivity contribution is -0.106. The van der Waals surface area contributed by atoms with E-state index in [0.29, 0.717) is 12.0 Å². The van der Waals surface area contributed by atoms with Gasteiger partial charge >= 0.3 is 0 Å². The van der Waals surface area contributed by atoms with E-state index in [-0.39, 0.29) is 11.7 Å². The predicted molar refractivity (Wildman–Crippen MR) is 152 cm³/mol. The van der Waals surface area contributed by atoms with Crippen LogP contribution in [0, 0.1) is 0 Å². The lowest BCUT2D eigenvalue weighted by atomic mass is 9.90. The summed E-state index contributed by atoms with van der Waals surface area (Å²) in [5, 5.41) is 5.89. The molecule has 0 amide bonds. The number of rotatable bonds is 7. The van der Waals surface area contributed by atoms with Crippen molar-refractivity contribution in [1.29, 1.82) is 0 Å². The minimum atomic E-state index is 0.0721. The van der Waals surface area contributed by atoms with Crippen molar-refractivity contribution in [3.63, 3.8) is 0 Å². The van der Waals surface area contributed by atoms with Gasteiger partial charge in [0, 0.05) is 99.1 Å². The summed E-state index contributed by atoms with van der Waals surface area (Å²) in [5.41, 5.74) is 4.68. The van der Waals surface area contributed by atoms with Gasteiger partial charge in [0.25, 0.3) is 0 Å². The monoisotopic (exact) mass is 527 g/mol. The van der Waals surface area contributed by atoms with Crippen molar-refractivity contribution in [3.05, 3.63) is 55.0 Å². The molecule has 5 heterocycles. The highest BCUT2D eigenvalue weighted by atomic mass is 16.5. The van der Waals surface area contributed by atoms with E-state index >= 15 is 0 Å². The molecule has 3 aromatic heterocycles. The van der Waals surface area contributed by atoms with E-state index in [1.165, 1.54) is 21.8 Å². The molecule has 1 aromatic carbocycles. The second-order valence-electron chi connectivity index (χ2n) is 11.3. The number of benzene rings is 1. The molecule has 7 rings (SSSR count). The molecule has 204 valence electrons. The van der Waals surface area contributed by atoms with E-state index in [0.717, 1.165) is 82.7 Å². The summed E-state index contributed by atoms with van der Waals surface area (Å²) in [6.07, 6.45) is 10.2. The van der Waals surface area contributed by atoms with E-state index in [1.54, 1.807) is 0 Å². The number of piperidine rings is 1. The van der Waals surface area contributed by atoms with Crippen LogP contribution in [-0.2, 0) is 16.5 Å². The average Bonchev–Trinajstić information content (AvgIpc) is 3.25. The minimum absolute atomic E-state index is 0.0721. The highest BCUT2D eigenvalue weighted by Crippen LogP contribution is 2.33. The number of morpholine rings is 1. The van der Waals surface area contributed by atoms with Crippen LogP contribution in [0.15, 0.2) is 55.0 Å². The summed E-state index contributed by atoms with van der Waals surface area (Å²) in [6, 6.07) is 12.7. The van der Waals surface area contributed by atoms with Crippen molar-refractivity contribution in [1.82, 2.24) is 24.8 Å². The van der Waals surface area contributed by atoms with Crippen LogP contribution < -0.4 is 10.1 Å². The normalized spacial score (nSPS) is 23.3. The number of aromatic nitrogens is 3. The van der Waals surface area contributed by atoms with Gasteiger partial charge in [-0.2, -0.15) is 0 Å². The predicted octanol–water partition coefficient (Wildman–Crippen LogP) is 4.17. The molecule has 0 atom stereocenters. The van der Waals surface area contributed by atoms with Crippen molar-refractivity contribution < 1.29 is 14.2 Å². The Labute approximate surface area is 229 Å². The molecule has 2 aliphatic heterocycles. The zero-order valence-corrected chi connectivity index (χ0v) is 22.6. The number of hydrogen-bond acceptors (Lipinski definition) is 7. The van der Waals surface area contributed by atoms with Crippen molar-refractivity contribution in [2.75, 3.05) is 45.9 Å². The summed E-state index contributed by atoms with van der Waals surface area (Å²) < 4.78 is 20.6. The van der Waals surface area contributed by atoms with Gasteiger partial charge in [-0.15, -0.1) is 0 Å². The first-order valence-electron chi connectivity index (χ1n) is 14.3. The maximum absolute atomic E-state index is 6.14. The second kappa shape index (κ2) is 10.5. The molecule has 3 fully saturated rings. The molecule has 8 heteroatoms. The molecule has 1 spiro atoms. The van der Waals surface area contributed by atoms with E-state index < -0.39 is 0 Å². The zero-order chi connectivity index (χ0) is 26.2. The first-order chi connectivity index (χ1) is 19.2. The molecular formula is C31H37N5O3. The van der Waals surface area contributed by atoms with Gasteiger partial charge in [-0.25, -0.2) is 4.98 Å². The number of pyridine rings is 2. The first-order valence-corrected chi connectivity index (χ1v) is 14.3. The van der Waals surface area contributed by atoms with Crippen molar-refractivity contribution >= 4 is 21.8 Å². The van der Waals surface area contributed by atoms with Crippen molar-refractivity contribution in [2.24, 2.45) is 7.05 Å². The second-order valence-corrected chi connectivity index (χ2v) is 11.3. The summed E-state index contributed by atoms with van der Waals surface area (Å²) in [4.78, 5) is 11.4. The molecule has 0 radical (unpaired) electrons. The molecule has 1 aliphatic carbocycles. The number of nitrogens with one attached hydrogen (secondary N) is 1. The lowest BCUT2D eigenvalue weighted by Gasteiger charge is -2.44. The van der Waals surface area contributed by atoms with Gasteiger partial charge in [-0.3, -0.25) is 4.98 Å². The SMILES string of the molecule is Cn1c2ccncc2c2ccc(-c3ccc(O[C@H]4C[C@H](OCCN5CCC6(CC5)CNCCO6)C4)nc3)cc21. The van der Waals surface area contributed by atoms with Crippen molar-refractivity contribution in [2.45, 2.75) is 43.5 Å². The number of aryl methyl sites for hydroxylation is 1. The molecule has 3 aliphatic rings. The fourth-order valence-electron chi connectivity index (χ4n) is 6.34. The number of ether oxygens (including phenoxy) is 3. The largest absolute Gasteiger partial charge is 0.474 e. The van der Waals surface area contributed by atoms with Crippen LogP contribution in [0.25, 0.3) is 32.9 Å². The maximum Gasteiger partial charge on any atom is 0.213 e. The van der Waals surface area contributed by atoms with Gasteiger partial charge < -0.3 is 29.0 Å². The Bertz CT molecular complexity index is 1430. The topological polar surface area (TPSA) is 73.7 Å². The van der Waals surface area contributed by atoms with Gasteiger partial charge in [-0.1, -0.05) is 12.1 Å². The Kier molecular flexibility index (Phi) is 6.72. The van der Waals surface area contributed by atoms with Gasteiger partial charge in [0.05, 0.1) is 30.4 Å². The minimum Gasteiger partial charge on any atom is -0.474 e. The van der Waals surface area contributed by atoms with Gasteiger partial charge in [-0.05, 0) is 36.6 Å². The van der Waals surface area contributed by atoms with Crippen LogP contribution in [0.5, 0.6) is 5.88 Å². The highest BCUT2D eigenvalue weighted by molar-refractivity contribution is 6.08. The standard InChI is InChI=1S/C31H37N5O3/c1-35-28-6-9-32-20-27(28)26-4-2-22(16-29(26)35)23-3-5-30(34-19-23)39-25-17-24(18-25)37-15-13-36-11-7-31(8-12-36)21-33-10-14-38-31/h2-6,9,16,19-20,24-25,33H,7-8,10-15,17-18,21H2,1H3/t24-,25-. The maximum atomic E-state index is 6.14. The van der Waals surface area contributed by atoms with Crippen LogP contribution in [0.1, 0.15) is 25.7 Å². The Morgan fingerprint density at radius 2 is 1.87 bits per heavy atom. The molecule has 1 saturated carbocycles. The van der Waals surface area contributed by atoms with Crippen LogP contribution in [-0.4, -0.2) is 83.2 Å². The average molecular weight is 528 g/mol. The Hall–Kier alpha value is -3.04. The molecule has 4 aromatic rings. The van der Waals surface area contributed by atoms with Crippen molar-refractivity contribution in [3.8, 4) is 17.0 Å². The fourth-order valence-corrected chi connectivity index (χ4v) is 6.34. The number of likely N-dealkylation sites (tertiary alicyclic amines) is 1. The molecule has 2 saturated heterocycles. The molecule has 39 heavy (non-hydrogen) atoms. The summed E-state index contributed by atoms with van der Waals surface area (Å²) in [7, 11) is 2.10. The lowest BCUT2D eigenvalue weighted by Crippen LogP contribution is -2.55.